The quantitative estimate of drug-likeness (QED) is 0.728. The van der Waals surface area contributed by atoms with E-state index in [-0.39, 0.29) is 17.0 Å². The van der Waals surface area contributed by atoms with E-state index in [1.54, 1.807) is 18.3 Å². The number of carbonyl (C=O) groups is 1. The first-order valence-electron chi connectivity index (χ1n) is 5.13. The fraction of sp³-hybridized carbons (Fsp3) is 0. The van der Waals surface area contributed by atoms with Crippen LogP contribution in [-0.2, 0) is 0 Å². The third kappa shape index (κ3) is 1.46. The molecule has 0 unspecified atom stereocenters. The summed E-state index contributed by atoms with van der Waals surface area (Å²) in [5, 5.41) is 12.7. The van der Waals surface area contributed by atoms with Crippen molar-refractivity contribution in [2.75, 3.05) is 0 Å². The van der Waals surface area contributed by atoms with Gasteiger partial charge in [0.25, 0.3) is 0 Å². The molecular weight excluding hydrogens is 239 g/mol. The number of nitrogens with one attached hydrogen (secondary N) is 1. The summed E-state index contributed by atoms with van der Waals surface area (Å²) >= 11 is 0. The van der Waals surface area contributed by atoms with Gasteiger partial charge in [-0.05, 0) is 18.2 Å². The fourth-order valence-corrected chi connectivity index (χ4v) is 1.80. The van der Waals surface area contributed by atoms with Crippen LogP contribution in [0.25, 0.3) is 22.2 Å². The Kier molecular flexibility index (Phi) is 2.16. The molecule has 0 atom stereocenters. The molecule has 0 aliphatic rings. The maximum atomic E-state index is 14.1. The maximum absolute atomic E-state index is 14.1. The molecule has 0 saturated carbocycles. The zero-order valence-electron chi connectivity index (χ0n) is 8.98. The molecule has 0 aliphatic carbocycles. The van der Waals surface area contributed by atoms with E-state index in [0.717, 1.165) is 0 Å². The Bertz CT molecular complexity index is 745. The van der Waals surface area contributed by atoms with E-state index < -0.39 is 11.8 Å². The summed E-state index contributed by atoms with van der Waals surface area (Å²) < 4.78 is 18.8. The molecule has 6 heteroatoms. The van der Waals surface area contributed by atoms with E-state index in [1.807, 2.05) is 0 Å². The number of H-pyrrole nitrogens is 1. The Morgan fingerprint density at radius 1 is 1.39 bits per heavy atom. The van der Waals surface area contributed by atoms with Gasteiger partial charge in [-0.3, -0.25) is 0 Å². The number of nitrogens with zero attached hydrogens (tertiary/aromatic N) is 1. The lowest BCUT2D eigenvalue weighted by molar-refractivity contribution is 0.0652. The molecule has 2 aromatic heterocycles. The highest BCUT2D eigenvalue weighted by atomic mass is 19.1. The van der Waals surface area contributed by atoms with Crippen LogP contribution in [0.2, 0.25) is 0 Å². The van der Waals surface area contributed by atoms with Gasteiger partial charge in [-0.25, -0.2) is 9.18 Å². The minimum absolute atomic E-state index is 0.160. The molecule has 90 valence electrons. The molecule has 0 saturated heterocycles. The summed E-state index contributed by atoms with van der Waals surface area (Å²) in [6.07, 6.45) is 1.63. The number of halogens is 1. The van der Waals surface area contributed by atoms with Crippen molar-refractivity contribution in [3.8, 4) is 11.3 Å². The number of benzene rings is 1. The predicted molar refractivity (Wildman–Crippen MR) is 60.7 cm³/mol. The van der Waals surface area contributed by atoms with Crippen LogP contribution in [0, 0.1) is 5.82 Å². The largest absolute Gasteiger partial charge is 0.475 e. The van der Waals surface area contributed by atoms with Crippen molar-refractivity contribution in [3.63, 3.8) is 0 Å². The maximum Gasteiger partial charge on any atom is 0.374 e. The lowest BCUT2D eigenvalue weighted by Gasteiger charge is -1.99. The van der Waals surface area contributed by atoms with Crippen LogP contribution < -0.4 is 0 Å². The van der Waals surface area contributed by atoms with Crippen LogP contribution >= 0.6 is 0 Å². The highest BCUT2D eigenvalue weighted by molar-refractivity contribution is 5.88. The second kappa shape index (κ2) is 3.69. The van der Waals surface area contributed by atoms with E-state index >= 15 is 0 Å². The van der Waals surface area contributed by atoms with Crippen LogP contribution in [0.4, 0.5) is 4.39 Å². The summed E-state index contributed by atoms with van der Waals surface area (Å²) in [5.41, 5.74) is 1.03. The molecule has 0 bridgehead atoms. The third-order valence-corrected chi connectivity index (χ3v) is 2.67. The molecule has 0 amide bonds. The number of fused-ring (bicyclic) bond motifs is 1. The molecule has 0 spiro atoms. The topological polar surface area (TPSA) is 79.1 Å². The van der Waals surface area contributed by atoms with Crippen LogP contribution in [0.1, 0.15) is 10.6 Å². The Labute approximate surface area is 99.8 Å². The first-order chi connectivity index (χ1) is 8.66. The number of aromatic carboxylic acids is 1. The lowest BCUT2D eigenvalue weighted by atomic mass is 10.1. The van der Waals surface area contributed by atoms with Crippen LogP contribution in [0.5, 0.6) is 0 Å². The van der Waals surface area contributed by atoms with Gasteiger partial charge in [0.15, 0.2) is 0 Å². The van der Waals surface area contributed by atoms with Crippen molar-refractivity contribution in [2.24, 2.45) is 0 Å². The number of hydrogen-bond acceptors (Lipinski definition) is 3. The van der Waals surface area contributed by atoms with Crippen molar-refractivity contribution in [2.45, 2.75) is 0 Å². The zero-order chi connectivity index (χ0) is 12.7. The predicted octanol–water partition coefficient (Wildman–Crippen LogP) is 2.66. The third-order valence-electron chi connectivity index (χ3n) is 2.67. The van der Waals surface area contributed by atoms with E-state index in [0.29, 0.717) is 10.9 Å². The summed E-state index contributed by atoms with van der Waals surface area (Å²) in [5.74, 6) is -2.02. The van der Waals surface area contributed by atoms with Gasteiger partial charge in [0.05, 0.1) is 0 Å². The zero-order valence-corrected chi connectivity index (χ0v) is 8.98. The first-order valence-corrected chi connectivity index (χ1v) is 5.13. The van der Waals surface area contributed by atoms with Gasteiger partial charge in [-0.1, -0.05) is 5.16 Å². The average Bonchev–Trinajstić information content (AvgIpc) is 2.97. The van der Waals surface area contributed by atoms with Gasteiger partial charge in [0.1, 0.15) is 11.5 Å². The lowest BCUT2D eigenvalue weighted by Crippen LogP contribution is -1.91. The van der Waals surface area contributed by atoms with Crippen molar-refractivity contribution in [1.29, 1.82) is 0 Å². The molecule has 2 N–H and O–H groups in total. The first kappa shape index (κ1) is 10.5. The second-order valence-corrected chi connectivity index (χ2v) is 3.75. The van der Waals surface area contributed by atoms with E-state index in [4.69, 9.17) is 5.11 Å². The summed E-state index contributed by atoms with van der Waals surface area (Å²) in [7, 11) is 0. The summed E-state index contributed by atoms with van der Waals surface area (Å²) in [4.78, 5) is 13.6. The van der Waals surface area contributed by atoms with Crippen molar-refractivity contribution in [1.82, 2.24) is 10.1 Å². The Balaban J connectivity index is 2.18. The standard InChI is InChI=1S/C12H7FN2O3/c13-11-6(1-2-8-7(11)3-4-14-8)9-5-10(12(16)17)18-15-9/h1-5,14H,(H,16,17). The highest BCUT2D eigenvalue weighted by Crippen LogP contribution is 2.28. The molecule has 2 heterocycles. The number of aromatic amines is 1. The fourth-order valence-electron chi connectivity index (χ4n) is 1.80. The van der Waals surface area contributed by atoms with Gasteiger partial charge in [0, 0.05) is 28.7 Å². The molecule has 0 aliphatic heterocycles. The van der Waals surface area contributed by atoms with Crippen LogP contribution in [0.3, 0.4) is 0 Å². The number of aromatic nitrogens is 2. The normalized spacial score (nSPS) is 10.9. The van der Waals surface area contributed by atoms with E-state index in [1.165, 1.54) is 12.1 Å². The van der Waals surface area contributed by atoms with Crippen molar-refractivity contribution < 1.29 is 18.8 Å². The minimum Gasteiger partial charge on any atom is -0.475 e. The molecule has 0 fully saturated rings. The SMILES string of the molecule is O=C(O)c1cc(-c2ccc3[nH]ccc3c2F)no1. The van der Waals surface area contributed by atoms with Crippen LogP contribution in [-0.4, -0.2) is 21.2 Å². The van der Waals surface area contributed by atoms with Gasteiger partial charge in [-0.2, -0.15) is 0 Å². The highest BCUT2D eigenvalue weighted by Gasteiger charge is 2.16. The molecule has 1 aromatic carbocycles. The minimum atomic E-state index is -1.24. The van der Waals surface area contributed by atoms with E-state index in [2.05, 4.69) is 14.7 Å². The van der Waals surface area contributed by atoms with Crippen molar-refractivity contribution >= 4 is 16.9 Å². The van der Waals surface area contributed by atoms with Gasteiger partial charge >= 0.3 is 5.97 Å². The van der Waals surface area contributed by atoms with Crippen molar-refractivity contribution in [3.05, 3.63) is 42.0 Å². The number of carboxylic acid groups (broad SMARTS) is 1. The molecular formula is C12H7FN2O3. The monoisotopic (exact) mass is 246 g/mol. The van der Waals surface area contributed by atoms with Gasteiger partial charge in [0.2, 0.25) is 5.76 Å². The number of hydrogen-bond donors (Lipinski definition) is 2. The van der Waals surface area contributed by atoms with Gasteiger partial charge < -0.3 is 14.6 Å². The smallest absolute Gasteiger partial charge is 0.374 e. The van der Waals surface area contributed by atoms with Crippen LogP contribution in [0.15, 0.2) is 35.0 Å². The second-order valence-electron chi connectivity index (χ2n) is 3.75. The summed E-state index contributed by atoms with van der Waals surface area (Å²) in [6, 6.07) is 6.02. The molecule has 0 radical (unpaired) electrons. The molecule has 5 nitrogen and oxygen atoms in total. The Morgan fingerprint density at radius 2 is 2.22 bits per heavy atom. The van der Waals surface area contributed by atoms with E-state index in [9.17, 15) is 9.18 Å². The Hall–Kier alpha value is -2.63. The molecule has 3 rings (SSSR count). The average molecular weight is 246 g/mol. The summed E-state index contributed by atoms with van der Waals surface area (Å²) in [6.45, 7) is 0. The van der Waals surface area contributed by atoms with Gasteiger partial charge in [-0.15, -0.1) is 0 Å². The number of carboxylic acids is 1. The number of rotatable bonds is 2. The molecule has 3 aromatic rings. The Morgan fingerprint density at radius 3 is 2.94 bits per heavy atom. The molecule has 18 heavy (non-hydrogen) atoms.